The van der Waals surface area contributed by atoms with Crippen LogP contribution < -0.4 is 20.1 Å². The molecule has 0 aliphatic carbocycles. The highest BCUT2D eigenvalue weighted by Crippen LogP contribution is 2.25. The lowest BCUT2D eigenvalue weighted by molar-refractivity contribution is 0.0883. The van der Waals surface area contributed by atoms with Gasteiger partial charge in [-0.1, -0.05) is 29.3 Å². The summed E-state index contributed by atoms with van der Waals surface area (Å²) in [7, 11) is 3.09. The monoisotopic (exact) mass is 458 g/mol. The Bertz CT molecular complexity index is 1010. The molecule has 3 rings (SSSR count). The predicted octanol–water partition coefficient (Wildman–Crippen LogP) is 4.87. The number of halogens is 2. The van der Waals surface area contributed by atoms with Gasteiger partial charge < -0.3 is 20.1 Å². The second-order valence-corrected chi connectivity index (χ2v) is 7.32. The van der Waals surface area contributed by atoms with Crippen molar-refractivity contribution in [1.29, 1.82) is 0 Å². The summed E-state index contributed by atoms with van der Waals surface area (Å²) in [5.41, 5.74) is 1.38. The highest BCUT2D eigenvalue weighted by Gasteiger charge is 2.20. The van der Waals surface area contributed by atoms with E-state index >= 15 is 0 Å². The van der Waals surface area contributed by atoms with Crippen LogP contribution in [0.3, 0.4) is 0 Å². The van der Waals surface area contributed by atoms with Crippen molar-refractivity contribution in [3.05, 3.63) is 93.5 Å². The minimum atomic E-state index is -0.848. The fourth-order valence-corrected chi connectivity index (χ4v) is 3.11. The van der Waals surface area contributed by atoms with Crippen LogP contribution in [0, 0.1) is 0 Å². The fraction of sp³-hybridized carbons (Fsp3) is 0.130. The fourth-order valence-electron chi connectivity index (χ4n) is 2.81. The van der Waals surface area contributed by atoms with Crippen LogP contribution in [0.2, 0.25) is 10.0 Å². The molecule has 31 heavy (non-hydrogen) atoms. The van der Waals surface area contributed by atoms with Gasteiger partial charge in [-0.2, -0.15) is 0 Å². The molecule has 0 aliphatic heterocycles. The van der Waals surface area contributed by atoms with Crippen molar-refractivity contribution in [1.82, 2.24) is 10.6 Å². The summed E-state index contributed by atoms with van der Waals surface area (Å²) in [6.45, 7) is 0. The van der Waals surface area contributed by atoms with Gasteiger partial charge in [0, 0.05) is 11.1 Å². The van der Waals surface area contributed by atoms with Gasteiger partial charge in [-0.25, -0.2) is 0 Å². The number of amides is 2. The van der Waals surface area contributed by atoms with Crippen molar-refractivity contribution in [3.63, 3.8) is 0 Å². The van der Waals surface area contributed by atoms with E-state index in [0.29, 0.717) is 38.2 Å². The van der Waals surface area contributed by atoms with E-state index in [1.165, 1.54) is 0 Å². The van der Waals surface area contributed by atoms with Gasteiger partial charge in [-0.3, -0.25) is 9.59 Å². The van der Waals surface area contributed by atoms with Crippen molar-refractivity contribution in [2.45, 2.75) is 6.17 Å². The third kappa shape index (κ3) is 5.69. The zero-order chi connectivity index (χ0) is 22.4. The van der Waals surface area contributed by atoms with Gasteiger partial charge in [-0.15, -0.1) is 0 Å². The summed E-state index contributed by atoms with van der Waals surface area (Å²) in [6, 6.07) is 18.1. The topological polar surface area (TPSA) is 76.7 Å². The van der Waals surface area contributed by atoms with Gasteiger partial charge in [-0.05, 0) is 66.2 Å². The summed E-state index contributed by atoms with van der Waals surface area (Å²) in [6.07, 6.45) is -0.848. The third-order valence-corrected chi connectivity index (χ3v) is 5.27. The standard InChI is InChI=1S/C23H20Cl2N2O4/c1-30-17-8-3-14(4-9-17)22(28)26-21(16-7-12-19(24)20(25)13-16)27-23(29)15-5-10-18(31-2)11-6-15/h3-13,21H,1-2H3,(H,26,28)(H,27,29). The van der Waals surface area contributed by atoms with Crippen LogP contribution in [0.4, 0.5) is 0 Å². The molecule has 0 atom stereocenters. The van der Waals surface area contributed by atoms with Crippen LogP contribution in [0.5, 0.6) is 11.5 Å². The van der Waals surface area contributed by atoms with E-state index in [4.69, 9.17) is 32.7 Å². The molecule has 6 nitrogen and oxygen atoms in total. The first-order valence-electron chi connectivity index (χ1n) is 9.26. The Labute approximate surface area is 190 Å². The highest BCUT2D eigenvalue weighted by atomic mass is 35.5. The second kappa shape index (κ2) is 10.2. The first-order valence-corrected chi connectivity index (χ1v) is 10.0. The van der Waals surface area contributed by atoms with Gasteiger partial charge in [0.15, 0.2) is 0 Å². The number of rotatable bonds is 7. The first kappa shape index (κ1) is 22.5. The lowest BCUT2D eigenvalue weighted by Crippen LogP contribution is -2.41. The quantitative estimate of drug-likeness (QED) is 0.495. The Balaban J connectivity index is 1.85. The van der Waals surface area contributed by atoms with E-state index in [1.54, 1.807) is 80.9 Å². The zero-order valence-corrected chi connectivity index (χ0v) is 18.3. The lowest BCUT2D eigenvalue weighted by Gasteiger charge is -2.21. The van der Waals surface area contributed by atoms with E-state index in [1.807, 2.05) is 0 Å². The number of hydrogen-bond acceptors (Lipinski definition) is 4. The largest absolute Gasteiger partial charge is 0.497 e. The summed E-state index contributed by atoms with van der Waals surface area (Å²) < 4.78 is 10.2. The van der Waals surface area contributed by atoms with Crippen molar-refractivity contribution >= 4 is 35.0 Å². The number of benzene rings is 3. The van der Waals surface area contributed by atoms with Crippen LogP contribution in [-0.4, -0.2) is 26.0 Å². The molecular formula is C23H20Cl2N2O4. The summed E-state index contributed by atoms with van der Waals surface area (Å²) in [5, 5.41) is 6.31. The number of ether oxygens (including phenoxy) is 2. The zero-order valence-electron chi connectivity index (χ0n) is 16.8. The molecule has 0 heterocycles. The molecule has 0 aliphatic rings. The summed E-state index contributed by atoms with van der Waals surface area (Å²) in [5.74, 6) is 0.498. The van der Waals surface area contributed by atoms with Crippen LogP contribution in [0.15, 0.2) is 66.7 Å². The number of carbonyl (C=O) groups is 2. The Morgan fingerprint density at radius 2 is 1.16 bits per heavy atom. The van der Waals surface area contributed by atoms with Crippen molar-refractivity contribution in [2.24, 2.45) is 0 Å². The molecular weight excluding hydrogens is 439 g/mol. The molecule has 0 fully saturated rings. The summed E-state index contributed by atoms with van der Waals surface area (Å²) in [4.78, 5) is 25.6. The molecule has 2 amide bonds. The van der Waals surface area contributed by atoms with E-state index in [0.717, 1.165) is 0 Å². The lowest BCUT2D eigenvalue weighted by atomic mass is 10.1. The van der Waals surface area contributed by atoms with E-state index in [-0.39, 0.29) is 11.8 Å². The molecule has 2 N–H and O–H groups in total. The minimum Gasteiger partial charge on any atom is -0.497 e. The average molecular weight is 459 g/mol. The smallest absolute Gasteiger partial charge is 0.253 e. The Morgan fingerprint density at radius 3 is 1.55 bits per heavy atom. The molecule has 0 bridgehead atoms. The summed E-state index contributed by atoms with van der Waals surface area (Å²) >= 11 is 12.2. The van der Waals surface area contributed by atoms with Crippen LogP contribution in [-0.2, 0) is 0 Å². The first-order chi connectivity index (χ1) is 14.9. The molecule has 0 saturated carbocycles. The Kier molecular flexibility index (Phi) is 7.39. The van der Waals surface area contributed by atoms with Crippen LogP contribution in [0.25, 0.3) is 0 Å². The van der Waals surface area contributed by atoms with Crippen LogP contribution >= 0.6 is 23.2 Å². The molecule has 160 valence electrons. The van der Waals surface area contributed by atoms with Gasteiger partial charge >= 0.3 is 0 Å². The maximum atomic E-state index is 12.8. The molecule has 0 spiro atoms. The second-order valence-electron chi connectivity index (χ2n) is 6.51. The molecule has 3 aromatic carbocycles. The molecule has 8 heteroatoms. The number of methoxy groups -OCH3 is 2. The average Bonchev–Trinajstić information content (AvgIpc) is 2.80. The van der Waals surface area contributed by atoms with Gasteiger partial charge in [0.2, 0.25) is 0 Å². The minimum absolute atomic E-state index is 0.307. The van der Waals surface area contributed by atoms with Gasteiger partial charge in [0.25, 0.3) is 11.8 Å². The van der Waals surface area contributed by atoms with E-state index < -0.39 is 6.17 Å². The Morgan fingerprint density at radius 1 is 0.710 bits per heavy atom. The molecule has 0 saturated heterocycles. The predicted molar refractivity (Wildman–Crippen MR) is 120 cm³/mol. The van der Waals surface area contributed by atoms with Crippen LogP contribution in [0.1, 0.15) is 32.4 Å². The Hall–Kier alpha value is -3.22. The van der Waals surface area contributed by atoms with Crippen molar-refractivity contribution < 1.29 is 19.1 Å². The molecule has 0 aromatic heterocycles. The molecule has 3 aromatic rings. The van der Waals surface area contributed by atoms with E-state index in [2.05, 4.69) is 10.6 Å². The number of carbonyl (C=O) groups excluding carboxylic acids is 2. The normalized spacial score (nSPS) is 10.5. The highest BCUT2D eigenvalue weighted by molar-refractivity contribution is 6.42. The van der Waals surface area contributed by atoms with Gasteiger partial charge in [0.05, 0.1) is 24.3 Å². The SMILES string of the molecule is COc1ccc(C(=O)NC(NC(=O)c2ccc(OC)cc2)c2ccc(Cl)c(Cl)c2)cc1. The molecule has 0 unspecified atom stereocenters. The maximum absolute atomic E-state index is 12.8. The maximum Gasteiger partial charge on any atom is 0.253 e. The number of nitrogens with one attached hydrogen (secondary N) is 2. The van der Waals surface area contributed by atoms with Gasteiger partial charge in [0.1, 0.15) is 17.7 Å². The molecule has 0 radical (unpaired) electrons. The van der Waals surface area contributed by atoms with Crippen molar-refractivity contribution in [3.8, 4) is 11.5 Å². The third-order valence-electron chi connectivity index (χ3n) is 4.53. The van der Waals surface area contributed by atoms with E-state index in [9.17, 15) is 9.59 Å². The van der Waals surface area contributed by atoms with Crippen molar-refractivity contribution in [2.75, 3.05) is 14.2 Å². The number of hydrogen-bond donors (Lipinski definition) is 2.